The highest BCUT2D eigenvalue weighted by Gasteiger charge is 2.22. The lowest BCUT2D eigenvalue weighted by molar-refractivity contribution is 0.466. The molecule has 0 amide bonds. The molecule has 0 aliphatic carbocycles. The molecule has 0 heterocycles. The van der Waals surface area contributed by atoms with Gasteiger partial charge in [-0.15, -0.1) is 0 Å². The van der Waals surface area contributed by atoms with Gasteiger partial charge in [0.15, 0.2) is 0 Å². The third-order valence-corrected chi connectivity index (χ3v) is 4.50. The number of aromatic hydroxyl groups is 1. The Morgan fingerprint density at radius 3 is 1.81 bits per heavy atom. The van der Waals surface area contributed by atoms with Crippen molar-refractivity contribution in [1.82, 2.24) is 0 Å². The fourth-order valence-corrected chi connectivity index (χ4v) is 3.29. The van der Waals surface area contributed by atoms with Crippen LogP contribution in [0.2, 0.25) is 0 Å². The van der Waals surface area contributed by atoms with Gasteiger partial charge in [0, 0.05) is 17.2 Å². The third kappa shape index (κ3) is 3.22. The van der Waals surface area contributed by atoms with Gasteiger partial charge >= 0.3 is 0 Å². The molecule has 0 bridgehead atoms. The lowest BCUT2D eigenvalue weighted by Gasteiger charge is -2.11. The monoisotopic (exact) mass is 330 g/mol. The molecule has 7 nitrogen and oxygen atoms in total. The SMILES string of the molecule is O=S(=O)(O)c1ccccc1-c1ccc(O)cc1S(=O)(=O)O. The molecule has 0 aliphatic heterocycles. The van der Waals surface area contributed by atoms with Crippen molar-refractivity contribution < 1.29 is 31.0 Å². The predicted molar refractivity (Wildman–Crippen MR) is 73.2 cm³/mol. The highest BCUT2D eigenvalue weighted by Crippen LogP contribution is 2.34. The van der Waals surface area contributed by atoms with Gasteiger partial charge in [-0.05, 0) is 18.2 Å². The maximum atomic E-state index is 11.4. The van der Waals surface area contributed by atoms with E-state index >= 15 is 0 Å². The fourth-order valence-electron chi connectivity index (χ4n) is 1.86. The van der Waals surface area contributed by atoms with Crippen LogP contribution in [-0.4, -0.2) is 31.0 Å². The maximum absolute atomic E-state index is 11.4. The second-order valence-corrected chi connectivity index (χ2v) is 6.91. The fraction of sp³-hybridized carbons (Fsp3) is 0. The predicted octanol–water partition coefficient (Wildman–Crippen LogP) is 1.55. The van der Waals surface area contributed by atoms with E-state index in [1.54, 1.807) is 0 Å². The molecular weight excluding hydrogens is 320 g/mol. The minimum atomic E-state index is -4.70. The van der Waals surface area contributed by atoms with E-state index < -0.39 is 35.8 Å². The lowest BCUT2D eigenvalue weighted by atomic mass is 10.1. The number of hydrogen-bond acceptors (Lipinski definition) is 5. The zero-order chi connectivity index (χ0) is 15.8. The zero-order valence-corrected chi connectivity index (χ0v) is 12.0. The molecule has 9 heteroatoms. The van der Waals surface area contributed by atoms with Crippen molar-refractivity contribution in [3.63, 3.8) is 0 Å². The van der Waals surface area contributed by atoms with Gasteiger partial charge in [0.05, 0.1) is 0 Å². The van der Waals surface area contributed by atoms with Gasteiger partial charge in [0.25, 0.3) is 20.2 Å². The summed E-state index contributed by atoms with van der Waals surface area (Å²) in [6.07, 6.45) is 0. The summed E-state index contributed by atoms with van der Waals surface area (Å²) in [6, 6.07) is 8.18. The summed E-state index contributed by atoms with van der Waals surface area (Å²) in [6.45, 7) is 0. The van der Waals surface area contributed by atoms with E-state index in [4.69, 9.17) is 0 Å². The summed E-state index contributed by atoms with van der Waals surface area (Å²) < 4.78 is 63.8. The van der Waals surface area contributed by atoms with E-state index in [1.165, 1.54) is 18.2 Å². The molecule has 21 heavy (non-hydrogen) atoms. The van der Waals surface area contributed by atoms with Crippen LogP contribution in [0.25, 0.3) is 11.1 Å². The van der Waals surface area contributed by atoms with E-state index in [0.717, 1.165) is 24.3 Å². The molecule has 2 rings (SSSR count). The minimum Gasteiger partial charge on any atom is -0.508 e. The summed E-state index contributed by atoms with van der Waals surface area (Å²) in [5, 5.41) is 9.33. The molecular formula is C12H10O7S2. The summed E-state index contributed by atoms with van der Waals surface area (Å²) in [4.78, 5) is -1.18. The highest BCUT2D eigenvalue weighted by molar-refractivity contribution is 7.86. The standard InChI is InChI=1S/C12H10O7S2/c13-8-5-6-10(12(7-8)21(17,18)19)9-3-1-2-4-11(9)20(14,15)16/h1-7,13H,(H,14,15,16)(H,17,18,19). The molecule has 0 fully saturated rings. The van der Waals surface area contributed by atoms with Crippen LogP contribution in [0.15, 0.2) is 52.3 Å². The summed E-state index contributed by atoms with van der Waals surface area (Å²) in [5.74, 6) is -0.421. The van der Waals surface area contributed by atoms with Crippen molar-refractivity contribution in [2.45, 2.75) is 9.79 Å². The first-order valence-electron chi connectivity index (χ1n) is 5.48. The van der Waals surface area contributed by atoms with Crippen molar-refractivity contribution in [3.05, 3.63) is 42.5 Å². The van der Waals surface area contributed by atoms with Gasteiger partial charge in [-0.25, -0.2) is 0 Å². The number of phenolic OH excluding ortho intramolecular Hbond substituents is 1. The largest absolute Gasteiger partial charge is 0.508 e. The van der Waals surface area contributed by atoms with Gasteiger partial charge in [-0.2, -0.15) is 16.8 Å². The van der Waals surface area contributed by atoms with Gasteiger partial charge in [-0.1, -0.05) is 18.2 Å². The first-order valence-corrected chi connectivity index (χ1v) is 8.36. The first-order chi connectivity index (χ1) is 9.60. The molecule has 2 aromatic rings. The minimum absolute atomic E-state index is 0.118. The van der Waals surface area contributed by atoms with E-state index in [-0.39, 0.29) is 11.1 Å². The van der Waals surface area contributed by atoms with Crippen LogP contribution in [0.5, 0.6) is 5.75 Å². The maximum Gasteiger partial charge on any atom is 0.295 e. The van der Waals surface area contributed by atoms with E-state index in [2.05, 4.69) is 0 Å². The van der Waals surface area contributed by atoms with Gasteiger partial charge in [0.1, 0.15) is 15.5 Å². The molecule has 0 spiro atoms. The molecule has 0 aliphatic rings. The normalized spacial score (nSPS) is 12.3. The van der Waals surface area contributed by atoms with Crippen LogP contribution < -0.4 is 0 Å². The average molecular weight is 330 g/mol. The Hall–Kier alpha value is -1.94. The van der Waals surface area contributed by atoms with Crippen LogP contribution in [0.3, 0.4) is 0 Å². The topological polar surface area (TPSA) is 129 Å². The Kier molecular flexibility index (Phi) is 3.76. The molecule has 2 aromatic carbocycles. The Balaban J connectivity index is 2.88. The number of hydrogen-bond donors (Lipinski definition) is 3. The third-order valence-electron chi connectivity index (χ3n) is 2.70. The highest BCUT2D eigenvalue weighted by atomic mass is 32.2. The van der Waals surface area contributed by atoms with Crippen LogP contribution in [0.1, 0.15) is 0 Å². The van der Waals surface area contributed by atoms with Gasteiger partial charge in [0.2, 0.25) is 0 Å². The molecule has 0 atom stereocenters. The number of phenols is 1. The summed E-state index contributed by atoms with van der Waals surface area (Å²) in [5.41, 5.74) is -0.281. The Labute approximate surface area is 121 Å². The van der Waals surface area contributed by atoms with Crippen molar-refractivity contribution in [2.75, 3.05) is 0 Å². The molecule has 3 N–H and O–H groups in total. The Bertz CT molecular complexity index is 899. The van der Waals surface area contributed by atoms with Gasteiger partial charge in [-0.3, -0.25) is 9.11 Å². The van der Waals surface area contributed by atoms with E-state index in [9.17, 15) is 31.0 Å². The van der Waals surface area contributed by atoms with Gasteiger partial charge < -0.3 is 5.11 Å². The molecule has 0 saturated carbocycles. The van der Waals surface area contributed by atoms with E-state index in [0.29, 0.717) is 0 Å². The van der Waals surface area contributed by atoms with Crippen molar-refractivity contribution in [2.24, 2.45) is 0 Å². The molecule has 112 valence electrons. The van der Waals surface area contributed by atoms with Crippen LogP contribution >= 0.6 is 0 Å². The second kappa shape index (κ2) is 5.11. The number of benzene rings is 2. The molecule has 0 radical (unpaired) electrons. The van der Waals surface area contributed by atoms with Crippen molar-refractivity contribution in [3.8, 4) is 16.9 Å². The van der Waals surface area contributed by atoms with Crippen LogP contribution in [-0.2, 0) is 20.2 Å². The molecule has 0 saturated heterocycles. The first kappa shape index (κ1) is 15.4. The molecule has 0 unspecified atom stereocenters. The summed E-state index contributed by atoms with van der Waals surface area (Å²) >= 11 is 0. The quantitative estimate of drug-likeness (QED) is 0.728. The summed E-state index contributed by atoms with van der Waals surface area (Å²) in [7, 11) is -9.30. The lowest BCUT2D eigenvalue weighted by Crippen LogP contribution is -2.04. The van der Waals surface area contributed by atoms with Crippen LogP contribution in [0.4, 0.5) is 0 Å². The molecule has 0 aromatic heterocycles. The smallest absolute Gasteiger partial charge is 0.295 e. The average Bonchev–Trinajstić information content (AvgIpc) is 2.36. The zero-order valence-electron chi connectivity index (χ0n) is 10.3. The second-order valence-electron chi connectivity index (χ2n) is 4.13. The Morgan fingerprint density at radius 1 is 0.714 bits per heavy atom. The van der Waals surface area contributed by atoms with Crippen molar-refractivity contribution >= 4 is 20.2 Å². The van der Waals surface area contributed by atoms with E-state index in [1.807, 2.05) is 0 Å². The number of rotatable bonds is 3. The van der Waals surface area contributed by atoms with Crippen LogP contribution in [0, 0.1) is 0 Å². The Morgan fingerprint density at radius 2 is 1.24 bits per heavy atom. The van der Waals surface area contributed by atoms with Crippen molar-refractivity contribution in [1.29, 1.82) is 0 Å².